The number of rotatable bonds is 3. The SMILES string of the molecule is O=C(c1ccc2[nH]ncc2c1)N1CCOCC12CCN(Cc1ccccc1Cl)CC2. The number of fused-ring (bicyclic) bond motifs is 1. The van der Waals surface area contributed by atoms with Crippen LogP contribution in [-0.4, -0.2) is 64.3 Å². The zero-order valence-corrected chi connectivity index (χ0v) is 17.6. The van der Waals surface area contributed by atoms with Crippen LogP contribution in [0.5, 0.6) is 0 Å². The molecule has 2 fully saturated rings. The molecule has 1 aromatic heterocycles. The summed E-state index contributed by atoms with van der Waals surface area (Å²) in [7, 11) is 0. The number of amides is 1. The van der Waals surface area contributed by atoms with Gasteiger partial charge in [-0.1, -0.05) is 29.8 Å². The van der Waals surface area contributed by atoms with Crippen molar-refractivity contribution in [1.82, 2.24) is 20.0 Å². The second-order valence-corrected chi connectivity index (χ2v) is 8.68. The summed E-state index contributed by atoms with van der Waals surface area (Å²) in [4.78, 5) is 17.9. The van der Waals surface area contributed by atoms with E-state index in [4.69, 9.17) is 16.3 Å². The van der Waals surface area contributed by atoms with Crippen molar-refractivity contribution in [3.63, 3.8) is 0 Å². The molecule has 2 aliphatic rings. The summed E-state index contributed by atoms with van der Waals surface area (Å²) < 4.78 is 5.86. The molecule has 0 bridgehead atoms. The Bertz CT molecular complexity index is 1060. The number of morpholine rings is 1. The number of nitrogens with zero attached hydrogens (tertiary/aromatic N) is 3. The maximum absolute atomic E-state index is 13.5. The van der Waals surface area contributed by atoms with Gasteiger partial charge in [0.05, 0.1) is 30.5 Å². The van der Waals surface area contributed by atoms with Gasteiger partial charge in [0.15, 0.2) is 0 Å². The molecule has 1 spiro atoms. The van der Waals surface area contributed by atoms with Crippen LogP contribution in [0.2, 0.25) is 5.02 Å². The van der Waals surface area contributed by atoms with Crippen LogP contribution >= 0.6 is 11.6 Å². The molecule has 3 heterocycles. The number of H-pyrrole nitrogens is 1. The zero-order valence-electron chi connectivity index (χ0n) is 16.8. The molecule has 2 aromatic carbocycles. The van der Waals surface area contributed by atoms with Crippen LogP contribution in [-0.2, 0) is 11.3 Å². The summed E-state index contributed by atoms with van der Waals surface area (Å²) in [6.45, 7) is 4.49. The average Bonchev–Trinajstić information content (AvgIpc) is 3.25. The van der Waals surface area contributed by atoms with Gasteiger partial charge in [-0.2, -0.15) is 5.10 Å². The molecule has 2 saturated heterocycles. The highest BCUT2D eigenvalue weighted by atomic mass is 35.5. The van der Waals surface area contributed by atoms with Crippen LogP contribution < -0.4 is 0 Å². The highest BCUT2D eigenvalue weighted by Crippen LogP contribution is 2.34. The molecule has 6 nitrogen and oxygen atoms in total. The van der Waals surface area contributed by atoms with E-state index < -0.39 is 0 Å². The number of piperidine rings is 1. The van der Waals surface area contributed by atoms with Crippen LogP contribution in [0.3, 0.4) is 0 Å². The Morgan fingerprint density at radius 2 is 2.00 bits per heavy atom. The van der Waals surface area contributed by atoms with Crippen molar-refractivity contribution in [3.8, 4) is 0 Å². The number of hydrogen-bond acceptors (Lipinski definition) is 4. The van der Waals surface area contributed by atoms with Gasteiger partial charge < -0.3 is 9.64 Å². The van der Waals surface area contributed by atoms with E-state index >= 15 is 0 Å². The molecule has 0 unspecified atom stereocenters. The van der Waals surface area contributed by atoms with Crippen molar-refractivity contribution in [1.29, 1.82) is 0 Å². The molecule has 1 amide bonds. The van der Waals surface area contributed by atoms with Gasteiger partial charge in [-0.05, 0) is 42.7 Å². The Balaban J connectivity index is 1.32. The summed E-state index contributed by atoms with van der Waals surface area (Å²) in [5, 5.41) is 8.77. The summed E-state index contributed by atoms with van der Waals surface area (Å²) in [6.07, 6.45) is 3.56. The minimum atomic E-state index is -0.238. The molecule has 0 atom stereocenters. The summed E-state index contributed by atoms with van der Waals surface area (Å²) in [6, 6.07) is 13.7. The highest BCUT2D eigenvalue weighted by molar-refractivity contribution is 6.31. The summed E-state index contributed by atoms with van der Waals surface area (Å²) >= 11 is 6.35. The third-order valence-corrected chi connectivity index (χ3v) is 6.84. The van der Waals surface area contributed by atoms with Crippen LogP contribution in [0, 0.1) is 0 Å². The largest absolute Gasteiger partial charge is 0.377 e. The molecular weight excluding hydrogens is 400 g/mol. The molecule has 0 radical (unpaired) electrons. The zero-order chi connectivity index (χ0) is 20.6. The van der Waals surface area contributed by atoms with E-state index in [2.05, 4.69) is 26.1 Å². The fraction of sp³-hybridized carbons (Fsp3) is 0.391. The number of aromatic amines is 1. The van der Waals surface area contributed by atoms with Crippen LogP contribution in [0.15, 0.2) is 48.7 Å². The average molecular weight is 425 g/mol. The Kier molecular flexibility index (Phi) is 5.23. The van der Waals surface area contributed by atoms with Gasteiger partial charge in [-0.25, -0.2) is 0 Å². The first-order chi connectivity index (χ1) is 14.6. The van der Waals surface area contributed by atoms with Gasteiger partial charge >= 0.3 is 0 Å². The standard InChI is InChI=1S/C23H25ClN4O2/c24-20-4-2-1-3-18(20)15-27-9-7-23(8-10-27)16-30-12-11-28(23)22(29)17-5-6-21-19(13-17)14-25-26-21/h1-6,13-14H,7-12,15-16H2,(H,25,26). The van der Waals surface area contributed by atoms with Crippen molar-refractivity contribution in [2.75, 3.05) is 32.8 Å². The second kappa shape index (κ2) is 8.02. The van der Waals surface area contributed by atoms with E-state index in [1.54, 1.807) is 6.20 Å². The quantitative estimate of drug-likeness (QED) is 0.696. The van der Waals surface area contributed by atoms with Crippen LogP contribution in [0.25, 0.3) is 10.9 Å². The van der Waals surface area contributed by atoms with Gasteiger partial charge in [0.2, 0.25) is 0 Å². The fourth-order valence-electron chi connectivity index (χ4n) is 4.69. The molecule has 5 rings (SSSR count). The number of benzene rings is 2. The van der Waals surface area contributed by atoms with E-state index in [-0.39, 0.29) is 11.4 Å². The van der Waals surface area contributed by atoms with E-state index in [1.165, 1.54) is 0 Å². The number of likely N-dealkylation sites (tertiary alicyclic amines) is 1. The minimum absolute atomic E-state index is 0.0842. The lowest BCUT2D eigenvalue weighted by atomic mass is 9.84. The molecule has 1 N–H and O–H groups in total. The first-order valence-corrected chi connectivity index (χ1v) is 10.8. The second-order valence-electron chi connectivity index (χ2n) is 8.27. The summed E-state index contributed by atoms with van der Waals surface area (Å²) in [5.41, 5.74) is 2.56. The molecule has 7 heteroatoms. The lowest BCUT2D eigenvalue weighted by molar-refractivity contribution is -0.0784. The van der Waals surface area contributed by atoms with Gasteiger partial charge in [0, 0.05) is 42.2 Å². The van der Waals surface area contributed by atoms with Crippen molar-refractivity contribution < 1.29 is 9.53 Å². The van der Waals surface area contributed by atoms with Crippen molar-refractivity contribution >= 4 is 28.4 Å². The number of aromatic nitrogens is 2. The number of carbonyl (C=O) groups excluding carboxylic acids is 1. The van der Waals surface area contributed by atoms with E-state index in [0.717, 1.165) is 54.0 Å². The smallest absolute Gasteiger partial charge is 0.254 e. The lowest BCUT2D eigenvalue weighted by Crippen LogP contribution is -2.63. The predicted octanol–water partition coefficient (Wildman–Crippen LogP) is 3.72. The first-order valence-electron chi connectivity index (χ1n) is 10.4. The van der Waals surface area contributed by atoms with Crippen LogP contribution in [0.4, 0.5) is 0 Å². The topological polar surface area (TPSA) is 61.5 Å². The summed E-state index contributed by atoms with van der Waals surface area (Å²) in [5.74, 6) is 0.0842. The highest BCUT2D eigenvalue weighted by Gasteiger charge is 2.44. The third-order valence-electron chi connectivity index (χ3n) is 6.47. The molecular formula is C23H25ClN4O2. The number of ether oxygens (including phenoxy) is 1. The van der Waals surface area contributed by atoms with E-state index in [1.807, 2.05) is 36.4 Å². The van der Waals surface area contributed by atoms with E-state index in [9.17, 15) is 4.79 Å². The molecule has 0 aliphatic carbocycles. The maximum Gasteiger partial charge on any atom is 0.254 e. The third kappa shape index (κ3) is 3.60. The van der Waals surface area contributed by atoms with Crippen molar-refractivity contribution in [2.24, 2.45) is 0 Å². The van der Waals surface area contributed by atoms with Crippen molar-refractivity contribution in [3.05, 3.63) is 64.8 Å². The fourth-order valence-corrected chi connectivity index (χ4v) is 4.89. The monoisotopic (exact) mass is 424 g/mol. The Morgan fingerprint density at radius 3 is 2.83 bits per heavy atom. The number of hydrogen-bond donors (Lipinski definition) is 1. The van der Waals surface area contributed by atoms with Gasteiger partial charge in [0.1, 0.15) is 0 Å². The first kappa shape index (κ1) is 19.5. The Labute approximate surface area is 180 Å². The maximum atomic E-state index is 13.5. The van der Waals surface area contributed by atoms with Crippen molar-refractivity contribution in [2.45, 2.75) is 24.9 Å². The molecule has 30 heavy (non-hydrogen) atoms. The van der Waals surface area contributed by atoms with Gasteiger partial charge in [-0.3, -0.25) is 14.8 Å². The van der Waals surface area contributed by atoms with Gasteiger partial charge in [0.25, 0.3) is 5.91 Å². The van der Waals surface area contributed by atoms with Crippen LogP contribution in [0.1, 0.15) is 28.8 Å². The van der Waals surface area contributed by atoms with E-state index in [0.29, 0.717) is 25.3 Å². The van der Waals surface area contributed by atoms with Gasteiger partial charge in [-0.15, -0.1) is 0 Å². The normalized spacial score (nSPS) is 19.4. The number of carbonyl (C=O) groups is 1. The molecule has 156 valence electrons. The predicted molar refractivity (Wildman–Crippen MR) is 117 cm³/mol. The molecule has 3 aromatic rings. The Morgan fingerprint density at radius 1 is 1.17 bits per heavy atom. The lowest BCUT2D eigenvalue weighted by Gasteiger charge is -2.51. The Hall–Kier alpha value is -2.41. The molecule has 2 aliphatic heterocycles. The minimum Gasteiger partial charge on any atom is -0.377 e. The molecule has 0 saturated carbocycles. The number of nitrogens with one attached hydrogen (secondary N) is 1. The number of halogens is 1.